The van der Waals surface area contributed by atoms with Crippen molar-refractivity contribution in [2.75, 3.05) is 6.54 Å². The normalized spacial score (nSPS) is 14.8. The van der Waals surface area contributed by atoms with E-state index >= 15 is 0 Å². The Morgan fingerprint density at radius 3 is 3.00 bits per heavy atom. The maximum absolute atomic E-state index is 5.98. The first-order valence-corrected chi connectivity index (χ1v) is 7.47. The molecule has 0 aliphatic heterocycles. The third kappa shape index (κ3) is 3.35. The maximum atomic E-state index is 5.98. The molecule has 1 aromatic heterocycles. The van der Waals surface area contributed by atoms with Crippen LogP contribution < -0.4 is 5.32 Å². The van der Waals surface area contributed by atoms with Crippen LogP contribution in [-0.2, 0) is 6.54 Å². The summed E-state index contributed by atoms with van der Waals surface area (Å²) in [5, 5.41) is 12.4. The number of halogens is 2. The molecular weight excluding hydrogens is 328 g/mol. The second-order valence-corrected chi connectivity index (χ2v) is 6.09. The Morgan fingerprint density at radius 1 is 1.42 bits per heavy atom. The molecule has 0 spiro atoms. The van der Waals surface area contributed by atoms with Gasteiger partial charge in [0.15, 0.2) is 0 Å². The van der Waals surface area contributed by atoms with E-state index in [1.165, 1.54) is 12.8 Å². The Kier molecular flexibility index (Phi) is 3.86. The highest BCUT2D eigenvalue weighted by molar-refractivity contribution is 9.10. The van der Waals surface area contributed by atoms with Crippen LogP contribution in [0.4, 0.5) is 0 Å². The third-order valence-electron chi connectivity index (χ3n) is 3.14. The first-order valence-electron chi connectivity index (χ1n) is 6.30. The lowest BCUT2D eigenvalue weighted by Crippen LogP contribution is -2.16. The molecule has 1 aliphatic rings. The molecule has 0 radical (unpaired) electrons. The highest BCUT2D eigenvalue weighted by atomic mass is 79.9. The summed E-state index contributed by atoms with van der Waals surface area (Å²) < 4.78 is 2.62. The maximum Gasteiger partial charge on any atom is 0.0969 e. The Balaban J connectivity index is 1.67. The van der Waals surface area contributed by atoms with Crippen LogP contribution in [-0.4, -0.2) is 21.5 Å². The number of hydrogen-bond acceptors (Lipinski definition) is 3. The fraction of sp³-hybridized carbons (Fsp3) is 0.385. The summed E-state index contributed by atoms with van der Waals surface area (Å²) in [5.74, 6) is 0.877. The second kappa shape index (κ2) is 5.61. The summed E-state index contributed by atoms with van der Waals surface area (Å²) in [6.07, 6.45) is 4.66. The van der Waals surface area contributed by atoms with E-state index in [1.807, 2.05) is 24.4 Å². The average Bonchev–Trinajstić information content (AvgIpc) is 3.10. The Labute approximate surface area is 125 Å². The van der Waals surface area contributed by atoms with Crippen LogP contribution in [0.2, 0.25) is 5.02 Å². The molecule has 0 unspecified atom stereocenters. The molecule has 2 aromatic rings. The van der Waals surface area contributed by atoms with E-state index in [2.05, 4.69) is 31.6 Å². The molecule has 0 bridgehead atoms. The van der Waals surface area contributed by atoms with Crippen LogP contribution in [0.1, 0.15) is 18.5 Å². The number of rotatable bonds is 5. The van der Waals surface area contributed by atoms with Gasteiger partial charge in [-0.15, -0.1) is 5.10 Å². The fourth-order valence-corrected chi connectivity index (χ4v) is 2.34. The number of hydrogen-bond donors (Lipinski definition) is 1. The SMILES string of the molecule is Clc1ccc(-n2cc(CNCC3CC3)nn2)cc1Br. The Hall–Kier alpha value is -0.910. The molecule has 19 heavy (non-hydrogen) atoms. The van der Waals surface area contributed by atoms with Crippen LogP contribution in [0.15, 0.2) is 28.9 Å². The predicted molar refractivity (Wildman–Crippen MR) is 78.5 cm³/mol. The van der Waals surface area contributed by atoms with Crippen molar-refractivity contribution in [3.63, 3.8) is 0 Å². The van der Waals surface area contributed by atoms with Gasteiger partial charge in [-0.1, -0.05) is 16.8 Å². The summed E-state index contributed by atoms with van der Waals surface area (Å²) in [4.78, 5) is 0. The Bertz CT molecular complexity index is 580. The van der Waals surface area contributed by atoms with Gasteiger partial charge in [-0.3, -0.25) is 0 Å². The van der Waals surface area contributed by atoms with Crippen molar-refractivity contribution in [2.45, 2.75) is 19.4 Å². The van der Waals surface area contributed by atoms with E-state index < -0.39 is 0 Å². The van der Waals surface area contributed by atoms with Crippen molar-refractivity contribution >= 4 is 27.5 Å². The van der Waals surface area contributed by atoms with Gasteiger partial charge in [0, 0.05) is 11.0 Å². The smallest absolute Gasteiger partial charge is 0.0969 e. The van der Waals surface area contributed by atoms with E-state index in [-0.39, 0.29) is 0 Å². The lowest BCUT2D eigenvalue weighted by molar-refractivity contribution is 0.628. The topological polar surface area (TPSA) is 42.7 Å². The highest BCUT2D eigenvalue weighted by Crippen LogP contribution is 2.27. The summed E-state index contributed by atoms with van der Waals surface area (Å²) in [6.45, 7) is 1.85. The van der Waals surface area contributed by atoms with Crippen LogP contribution >= 0.6 is 27.5 Å². The molecule has 0 atom stereocenters. The van der Waals surface area contributed by atoms with Gasteiger partial charge in [-0.05, 0) is 59.4 Å². The average molecular weight is 342 g/mol. The highest BCUT2D eigenvalue weighted by Gasteiger charge is 2.20. The van der Waals surface area contributed by atoms with Crippen molar-refractivity contribution in [3.05, 3.63) is 39.6 Å². The van der Waals surface area contributed by atoms with E-state index in [0.717, 1.165) is 34.9 Å². The van der Waals surface area contributed by atoms with Gasteiger partial charge >= 0.3 is 0 Å². The van der Waals surface area contributed by atoms with Crippen LogP contribution in [0, 0.1) is 5.92 Å². The molecule has 3 rings (SSSR count). The third-order valence-corrected chi connectivity index (χ3v) is 4.36. The lowest BCUT2D eigenvalue weighted by atomic mass is 10.3. The molecule has 0 saturated heterocycles. The van der Waals surface area contributed by atoms with Crippen molar-refractivity contribution in [1.29, 1.82) is 0 Å². The molecule has 1 aromatic carbocycles. The minimum absolute atomic E-state index is 0.690. The van der Waals surface area contributed by atoms with Crippen LogP contribution in [0.3, 0.4) is 0 Å². The van der Waals surface area contributed by atoms with E-state index in [1.54, 1.807) is 4.68 Å². The largest absolute Gasteiger partial charge is 0.311 e. The van der Waals surface area contributed by atoms with E-state index in [9.17, 15) is 0 Å². The zero-order valence-corrected chi connectivity index (χ0v) is 12.7. The number of nitrogens with zero attached hydrogens (tertiary/aromatic N) is 3. The van der Waals surface area contributed by atoms with Gasteiger partial charge in [-0.25, -0.2) is 4.68 Å². The number of aromatic nitrogens is 3. The quantitative estimate of drug-likeness (QED) is 0.908. The molecule has 6 heteroatoms. The molecule has 1 fully saturated rings. The molecule has 1 saturated carbocycles. The zero-order chi connectivity index (χ0) is 13.2. The van der Waals surface area contributed by atoms with Gasteiger partial charge < -0.3 is 5.32 Å². The van der Waals surface area contributed by atoms with Crippen LogP contribution in [0.5, 0.6) is 0 Å². The first-order chi connectivity index (χ1) is 9.22. The summed E-state index contributed by atoms with van der Waals surface area (Å²) >= 11 is 9.38. The number of nitrogens with one attached hydrogen (secondary N) is 1. The summed E-state index contributed by atoms with van der Waals surface area (Å²) in [7, 11) is 0. The molecule has 1 aliphatic carbocycles. The van der Waals surface area contributed by atoms with Crippen LogP contribution in [0.25, 0.3) is 5.69 Å². The van der Waals surface area contributed by atoms with Gasteiger partial charge in [0.2, 0.25) is 0 Å². The summed E-state index contributed by atoms with van der Waals surface area (Å²) in [6, 6.07) is 5.69. The van der Waals surface area contributed by atoms with E-state index in [4.69, 9.17) is 11.6 Å². The molecular formula is C13H14BrClN4. The van der Waals surface area contributed by atoms with Gasteiger partial charge in [-0.2, -0.15) is 0 Å². The fourth-order valence-electron chi connectivity index (χ4n) is 1.86. The minimum atomic E-state index is 0.690. The van der Waals surface area contributed by atoms with E-state index in [0.29, 0.717) is 5.02 Å². The second-order valence-electron chi connectivity index (χ2n) is 4.83. The standard InChI is InChI=1S/C13H14BrClN4/c14-12-5-11(3-4-13(12)15)19-8-10(17-18-19)7-16-6-9-1-2-9/h3-5,8-9,16H,1-2,6-7H2. The number of benzene rings is 1. The van der Waals surface area contributed by atoms with Crippen molar-refractivity contribution < 1.29 is 0 Å². The van der Waals surface area contributed by atoms with Gasteiger partial charge in [0.05, 0.1) is 22.6 Å². The monoisotopic (exact) mass is 340 g/mol. The first kappa shape index (κ1) is 13.1. The van der Waals surface area contributed by atoms with Crippen molar-refractivity contribution in [2.24, 2.45) is 5.92 Å². The van der Waals surface area contributed by atoms with Crippen molar-refractivity contribution in [1.82, 2.24) is 20.3 Å². The lowest BCUT2D eigenvalue weighted by Gasteiger charge is -2.02. The molecule has 0 amide bonds. The zero-order valence-electron chi connectivity index (χ0n) is 10.3. The van der Waals surface area contributed by atoms with Crippen molar-refractivity contribution in [3.8, 4) is 5.69 Å². The molecule has 1 heterocycles. The molecule has 4 nitrogen and oxygen atoms in total. The summed E-state index contributed by atoms with van der Waals surface area (Å²) in [5.41, 5.74) is 1.89. The Morgan fingerprint density at radius 2 is 2.26 bits per heavy atom. The molecule has 100 valence electrons. The predicted octanol–water partition coefficient (Wildman–Crippen LogP) is 3.18. The minimum Gasteiger partial charge on any atom is -0.311 e. The van der Waals surface area contributed by atoms with Gasteiger partial charge in [0.1, 0.15) is 0 Å². The molecule has 1 N–H and O–H groups in total. The van der Waals surface area contributed by atoms with Gasteiger partial charge in [0.25, 0.3) is 0 Å².